The largest absolute Gasteiger partial charge is 0.352 e. The first-order valence-corrected chi connectivity index (χ1v) is 9.96. The molecule has 2 aromatic heterocycles. The molecule has 0 saturated carbocycles. The highest BCUT2D eigenvalue weighted by molar-refractivity contribution is 7.91. The first kappa shape index (κ1) is 15.4. The molecule has 0 spiro atoms. The lowest BCUT2D eigenvalue weighted by Crippen LogP contribution is -2.51. The molecule has 0 radical (unpaired) electrons. The number of nitrogens with zero attached hydrogens (tertiary/aromatic N) is 5. The predicted octanol–water partition coefficient (Wildman–Crippen LogP) is 0.515. The van der Waals surface area contributed by atoms with E-state index in [1.165, 1.54) is 0 Å². The Morgan fingerprint density at radius 2 is 2.00 bits per heavy atom. The van der Waals surface area contributed by atoms with Crippen LogP contribution < -0.4 is 4.90 Å². The summed E-state index contributed by atoms with van der Waals surface area (Å²) in [4.78, 5) is 9.00. The van der Waals surface area contributed by atoms with Crippen molar-refractivity contribution >= 4 is 21.3 Å². The quantitative estimate of drug-likeness (QED) is 0.789. The van der Waals surface area contributed by atoms with Gasteiger partial charge in [0.2, 0.25) is 0 Å². The fraction of sp³-hybridized carbons (Fsp3) is 0.500. The van der Waals surface area contributed by atoms with Gasteiger partial charge in [-0.25, -0.2) is 13.4 Å². The number of pyridine rings is 1. The Kier molecular flexibility index (Phi) is 3.70. The Labute approximate surface area is 141 Å². The van der Waals surface area contributed by atoms with E-state index < -0.39 is 9.84 Å². The molecule has 2 aliphatic heterocycles. The monoisotopic (exact) mass is 345 g/mol. The summed E-state index contributed by atoms with van der Waals surface area (Å²) in [6, 6.07) is 8.09. The summed E-state index contributed by atoms with van der Waals surface area (Å²) in [5, 5.41) is 9.50. The fourth-order valence-corrected chi connectivity index (χ4v) is 5.43. The average Bonchev–Trinajstić information content (AvgIpc) is 3.14. The number of fused-ring (bicyclic) bond motifs is 1. The van der Waals surface area contributed by atoms with E-state index in [0.717, 1.165) is 44.1 Å². The van der Waals surface area contributed by atoms with Gasteiger partial charge < -0.3 is 4.90 Å². The Balaban J connectivity index is 1.51. The predicted molar refractivity (Wildman–Crippen MR) is 90.8 cm³/mol. The molecule has 0 aliphatic carbocycles. The second kappa shape index (κ2) is 5.76. The van der Waals surface area contributed by atoms with Gasteiger partial charge >= 0.3 is 0 Å². The lowest BCUT2D eigenvalue weighted by Gasteiger charge is -2.37. The van der Waals surface area contributed by atoms with Gasteiger partial charge in [-0.15, -0.1) is 0 Å². The molecule has 0 aromatic carbocycles. The van der Waals surface area contributed by atoms with E-state index in [4.69, 9.17) is 0 Å². The molecule has 2 saturated heterocycles. The van der Waals surface area contributed by atoms with Gasteiger partial charge in [0.25, 0.3) is 0 Å². The van der Waals surface area contributed by atoms with Gasteiger partial charge in [-0.1, -0.05) is 6.07 Å². The topological polar surface area (TPSA) is 81.7 Å². The summed E-state index contributed by atoms with van der Waals surface area (Å²) in [5.74, 6) is 1.32. The molecule has 126 valence electrons. The van der Waals surface area contributed by atoms with Crippen LogP contribution in [0.5, 0.6) is 0 Å². The van der Waals surface area contributed by atoms with Crippen molar-refractivity contribution in [3.05, 3.63) is 30.1 Å². The zero-order valence-electron chi connectivity index (χ0n) is 13.3. The van der Waals surface area contributed by atoms with Crippen LogP contribution in [-0.2, 0) is 9.84 Å². The number of rotatable bonds is 2. The normalized spacial score (nSPS) is 24.3. The first-order valence-electron chi connectivity index (χ1n) is 8.14. The molecule has 0 amide bonds. The van der Waals surface area contributed by atoms with Gasteiger partial charge in [-0.3, -0.25) is 9.30 Å². The molecule has 4 rings (SSSR count). The summed E-state index contributed by atoms with van der Waals surface area (Å²) < 4.78 is 25.1. The van der Waals surface area contributed by atoms with Crippen molar-refractivity contribution in [1.82, 2.24) is 14.3 Å². The van der Waals surface area contributed by atoms with Crippen molar-refractivity contribution in [2.24, 2.45) is 0 Å². The fourth-order valence-electron chi connectivity index (χ4n) is 3.67. The van der Waals surface area contributed by atoms with Crippen molar-refractivity contribution in [2.75, 3.05) is 42.6 Å². The maximum atomic E-state index is 11.7. The third-order valence-corrected chi connectivity index (χ3v) is 6.71. The summed E-state index contributed by atoms with van der Waals surface area (Å²) >= 11 is 0. The van der Waals surface area contributed by atoms with E-state index in [1.54, 1.807) is 0 Å². The van der Waals surface area contributed by atoms with Crippen LogP contribution in [0.25, 0.3) is 5.65 Å². The van der Waals surface area contributed by atoms with E-state index in [2.05, 4.69) is 20.9 Å². The summed E-state index contributed by atoms with van der Waals surface area (Å²) in [7, 11) is -2.85. The maximum absolute atomic E-state index is 11.7. The van der Waals surface area contributed by atoms with Crippen LogP contribution >= 0.6 is 0 Å². The van der Waals surface area contributed by atoms with E-state index in [9.17, 15) is 13.7 Å². The Bertz CT molecular complexity index is 906. The Morgan fingerprint density at radius 1 is 1.21 bits per heavy atom. The molecule has 2 fully saturated rings. The van der Waals surface area contributed by atoms with E-state index >= 15 is 0 Å². The minimum Gasteiger partial charge on any atom is -0.352 e. The Hall–Kier alpha value is -2.11. The molecule has 1 atom stereocenters. The van der Waals surface area contributed by atoms with Crippen LogP contribution in [0.2, 0.25) is 0 Å². The minimum absolute atomic E-state index is 0.147. The van der Waals surface area contributed by atoms with Crippen LogP contribution in [0.1, 0.15) is 12.1 Å². The molecule has 2 aliphatic rings. The maximum Gasteiger partial charge on any atom is 0.169 e. The highest BCUT2D eigenvalue weighted by Gasteiger charge is 2.34. The molecule has 0 N–H and O–H groups in total. The molecule has 8 heteroatoms. The number of anilines is 1. The molecule has 0 bridgehead atoms. The standard InChI is InChI=1S/C16H19N5O2S/c17-11-14-16(18-15-3-1-2-5-21(14)15)20-8-6-19(7-9-20)13-4-10-24(22,23)12-13/h1-3,5,13H,4,6-10,12H2/t13-/m1/s1. The van der Waals surface area contributed by atoms with Gasteiger partial charge in [0.15, 0.2) is 21.3 Å². The summed E-state index contributed by atoms with van der Waals surface area (Å²) in [6.07, 6.45) is 2.59. The zero-order chi connectivity index (χ0) is 16.7. The molecular weight excluding hydrogens is 326 g/mol. The van der Waals surface area contributed by atoms with Crippen molar-refractivity contribution in [2.45, 2.75) is 12.5 Å². The molecular formula is C16H19N5O2S. The summed E-state index contributed by atoms with van der Waals surface area (Å²) in [6.45, 7) is 3.13. The zero-order valence-corrected chi connectivity index (χ0v) is 14.1. The number of hydrogen-bond acceptors (Lipinski definition) is 6. The van der Waals surface area contributed by atoms with E-state index in [1.807, 2.05) is 28.8 Å². The Morgan fingerprint density at radius 3 is 2.67 bits per heavy atom. The van der Waals surface area contributed by atoms with Crippen LogP contribution in [0, 0.1) is 11.3 Å². The van der Waals surface area contributed by atoms with Gasteiger partial charge in [-0.05, 0) is 18.6 Å². The first-order chi connectivity index (χ1) is 11.6. The SMILES string of the molecule is N#Cc1c(N2CCN([C@@H]3CCS(=O)(=O)C3)CC2)nc2ccccn12. The van der Waals surface area contributed by atoms with Crippen molar-refractivity contribution in [3.63, 3.8) is 0 Å². The lowest BCUT2D eigenvalue weighted by molar-refractivity contribution is 0.200. The highest BCUT2D eigenvalue weighted by Crippen LogP contribution is 2.24. The lowest BCUT2D eigenvalue weighted by atomic mass is 10.2. The van der Waals surface area contributed by atoms with Crippen LogP contribution in [0.3, 0.4) is 0 Å². The number of imidazole rings is 1. The van der Waals surface area contributed by atoms with E-state index in [-0.39, 0.29) is 11.8 Å². The number of sulfone groups is 1. The van der Waals surface area contributed by atoms with Crippen molar-refractivity contribution < 1.29 is 8.42 Å². The molecule has 24 heavy (non-hydrogen) atoms. The third-order valence-electron chi connectivity index (χ3n) is 4.96. The smallest absolute Gasteiger partial charge is 0.169 e. The summed E-state index contributed by atoms with van der Waals surface area (Å²) in [5.41, 5.74) is 1.33. The van der Waals surface area contributed by atoms with Crippen molar-refractivity contribution in [1.29, 1.82) is 5.26 Å². The molecule has 4 heterocycles. The van der Waals surface area contributed by atoms with Gasteiger partial charge in [0.1, 0.15) is 11.7 Å². The van der Waals surface area contributed by atoms with Gasteiger partial charge in [0, 0.05) is 38.4 Å². The minimum atomic E-state index is -2.85. The van der Waals surface area contributed by atoms with Crippen LogP contribution in [0.15, 0.2) is 24.4 Å². The molecule has 0 unspecified atom stereocenters. The third kappa shape index (κ3) is 2.64. The highest BCUT2D eigenvalue weighted by atomic mass is 32.2. The number of nitriles is 1. The molecule has 7 nitrogen and oxygen atoms in total. The van der Waals surface area contributed by atoms with Gasteiger partial charge in [-0.2, -0.15) is 5.26 Å². The number of aromatic nitrogens is 2. The van der Waals surface area contributed by atoms with E-state index in [0.29, 0.717) is 11.4 Å². The number of hydrogen-bond donors (Lipinski definition) is 0. The van der Waals surface area contributed by atoms with Crippen LogP contribution in [-0.4, -0.2) is 66.4 Å². The molecule has 2 aromatic rings. The second-order valence-corrected chi connectivity index (χ2v) is 8.63. The van der Waals surface area contributed by atoms with Crippen LogP contribution in [0.4, 0.5) is 5.82 Å². The second-order valence-electron chi connectivity index (χ2n) is 6.40. The average molecular weight is 345 g/mol. The van der Waals surface area contributed by atoms with Crippen molar-refractivity contribution in [3.8, 4) is 6.07 Å². The number of piperazine rings is 1. The van der Waals surface area contributed by atoms with Gasteiger partial charge in [0.05, 0.1) is 11.5 Å².